The molecule has 0 aromatic carbocycles. The Labute approximate surface area is 120 Å². The average molecular weight is 270 g/mol. The number of aromatic nitrogens is 3. The lowest BCUT2D eigenvalue weighted by atomic mass is 10.1. The quantitative estimate of drug-likeness (QED) is 0.907. The smallest absolute Gasteiger partial charge is 0.159 e. The van der Waals surface area contributed by atoms with E-state index >= 15 is 0 Å². The van der Waals surface area contributed by atoms with E-state index in [0.29, 0.717) is 6.04 Å². The van der Waals surface area contributed by atoms with Gasteiger partial charge in [0.25, 0.3) is 0 Å². The zero-order valence-corrected chi connectivity index (χ0v) is 12.6. The lowest BCUT2D eigenvalue weighted by Gasteiger charge is -2.12. The Bertz CT molecular complexity index is 541. The second kappa shape index (κ2) is 6.57. The number of hydrogen-bond acceptors (Lipinski definition) is 4. The minimum Gasteiger partial charge on any atom is -0.314 e. The van der Waals surface area contributed by atoms with Crippen molar-refractivity contribution in [2.24, 2.45) is 0 Å². The van der Waals surface area contributed by atoms with Crippen molar-refractivity contribution in [2.75, 3.05) is 6.54 Å². The first-order valence-electron chi connectivity index (χ1n) is 7.06. The maximum Gasteiger partial charge on any atom is 0.159 e. The Morgan fingerprint density at radius 1 is 1.05 bits per heavy atom. The van der Waals surface area contributed by atoms with E-state index in [9.17, 15) is 0 Å². The van der Waals surface area contributed by atoms with Crippen molar-refractivity contribution < 1.29 is 0 Å². The lowest BCUT2D eigenvalue weighted by molar-refractivity contribution is 0.588. The number of aryl methyl sites for hydroxylation is 2. The molecule has 106 valence electrons. The molecular weight excluding hydrogens is 248 g/mol. The molecule has 2 aromatic heterocycles. The zero-order valence-electron chi connectivity index (χ0n) is 12.6. The molecular formula is C16H22N4. The van der Waals surface area contributed by atoms with Crippen molar-refractivity contribution in [3.8, 4) is 11.4 Å². The van der Waals surface area contributed by atoms with Gasteiger partial charge in [0.05, 0.1) is 0 Å². The van der Waals surface area contributed by atoms with Gasteiger partial charge in [-0.05, 0) is 44.5 Å². The molecule has 1 N–H and O–H groups in total. The van der Waals surface area contributed by atoms with Gasteiger partial charge in [-0.2, -0.15) is 0 Å². The first kappa shape index (κ1) is 14.6. The number of pyridine rings is 1. The summed E-state index contributed by atoms with van der Waals surface area (Å²) in [5, 5.41) is 3.43. The first-order valence-corrected chi connectivity index (χ1v) is 7.06. The predicted molar refractivity (Wildman–Crippen MR) is 81.6 cm³/mol. The molecule has 0 atom stereocenters. The largest absolute Gasteiger partial charge is 0.314 e. The van der Waals surface area contributed by atoms with Crippen molar-refractivity contribution in [1.82, 2.24) is 20.3 Å². The van der Waals surface area contributed by atoms with Crippen molar-refractivity contribution >= 4 is 0 Å². The van der Waals surface area contributed by atoms with Gasteiger partial charge in [-0.15, -0.1) is 0 Å². The van der Waals surface area contributed by atoms with Crippen LogP contribution < -0.4 is 5.32 Å². The molecule has 4 nitrogen and oxygen atoms in total. The van der Waals surface area contributed by atoms with E-state index in [-0.39, 0.29) is 0 Å². The molecule has 2 heterocycles. The standard InChI is InChI=1S/C16H22N4/c1-11(2)18-10-7-15-12(3)19-16(20-13(15)4)14-5-8-17-9-6-14/h5-6,8-9,11,18H,7,10H2,1-4H3. The van der Waals surface area contributed by atoms with Crippen LogP contribution in [0.25, 0.3) is 11.4 Å². The van der Waals surface area contributed by atoms with E-state index in [1.54, 1.807) is 12.4 Å². The molecule has 20 heavy (non-hydrogen) atoms. The topological polar surface area (TPSA) is 50.7 Å². The molecule has 0 radical (unpaired) electrons. The first-order chi connectivity index (χ1) is 9.58. The van der Waals surface area contributed by atoms with Crippen LogP contribution in [0.5, 0.6) is 0 Å². The van der Waals surface area contributed by atoms with Crippen LogP contribution in [0, 0.1) is 13.8 Å². The van der Waals surface area contributed by atoms with Crippen LogP contribution in [0.4, 0.5) is 0 Å². The van der Waals surface area contributed by atoms with Crippen LogP contribution in [0.2, 0.25) is 0 Å². The Hall–Kier alpha value is -1.81. The molecule has 4 heteroatoms. The Morgan fingerprint density at radius 3 is 2.20 bits per heavy atom. The SMILES string of the molecule is Cc1nc(-c2ccncc2)nc(C)c1CCNC(C)C. The van der Waals surface area contributed by atoms with Gasteiger partial charge in [0.1, 0.15) is 0 Å². The minimum absolute atomic E-state index is 0.507. The molecule has 0 aliphatic heterocycles. The molecule has 0 saturated heterocycles. The summed E-state index contributed by atoms with van der Waals surface area (Å²) in [5.41, 5.74) is 4.39. The summed E-state index contributed by atoms with van der Waals surface area (Å²) in [7, 11) is 0. The van der Waals surface area contributed by atoms with E-state index in [0.717, 1.165) is 35.7 Å². The van der Waals surface area contributed by atoms with Gasteiger partial charge in [-0.25, -0.2) is 9.97 Å². The number of rotatable bonds is 5. The fourth-order valence-corrected chi connectivity index (χ4v) is 2.22. The predicted octanol–water partition coefficient (Wildman–Crippen LogP) is 2.70. The highest BCUT2D eigenvalue weighted by atomic mass is 14.9. The molecule has 0 bridgehead atoms. The van der Waals surface area contributed by atoms with Crippen molar-refractivity contribution in [2.45, 2.75) is 40.2 Å². The van der Waals surface area contributed by atoms with Gasteiger partial charge in [-0.1, -0.05) is 13.8 Å². The van der Waals surface area contributed by atoms with Crippen LogP contribution in [0.1, 0.15) is 30.8 Å². The fraction of sp³-hybridized carbons (Fsp3) is 0.438. The zero-order chi connectivity index (χ0) is 14.5. The highest BCUT2D eigenvalue weighted by molar-refractivity contribution is 5.54. The Kier molecular flexibility index (Phi) is 4.79. The normalized spacial score (nSPS) is 11.1. The molecule has 2 aromatic rings. The van der Waals surface area contributed by atoms with Gasteiger partial charge in [0.2, 0.25) is 0 Å². The highest BCUT2D eigenvalue weighted by Crippen LogP contribution is 2.18. The summed E-state index contributed by atoms with van der Waals surface area (Å²) in [6, 6.07) is 4.38. The molecule has 0 fully saturated rings. The van der Waals surface area contributed by atoms with Crippen LogP contribution >= 0.6 is 0 Å². The fourth-order valence-electron chi connectivity index (χ4n) is 2.22. The minimum atomic E-state index is 0.507. The molecule has 0 saturated carbocycles. The Morgan fingerprint density at radius 2 is 1.65 bits per heavy atom. The van der Waals surface area contributed by atoms with Crippen LogP contribution in [-0.4, -0.2) is 27.5 Å². The molecule has 0 aliphatic carbocycles. The summed E-state index contributed by atoms with van der Waals surface area (Å²) in [5.74, 6) is 0.781. The van der Waals surface area contributed by atoms with E-state index < -0.39 is 0 Å². The van der Waals surface area contributed by atoms with Crippen LogP contribution in [0.3, 0.4) is 0 Å². The summed E-state index contributed by atoms with van der Waals surface area (Å²) in [6.45, 7) is 9.39. The summed E-state index contributed by atoms with van der Waals surface area (Å²) < 4.78 is 0. The van der Waals surface area contributed by atoms with E-state index in [1.807, 2.05) is 12.1 Å². The summed E-state index contributed by atoms with van der Waals surface area (Å²) in [6.07, 6.45) is 4.50. The van der Waals surface area contributed by atoms with Crippen molar-refractivity contribution in [3.05, 3.63) is 41.5 Å². The third-order valence-corrected chi connectivity index (χ3v) is 3.29. The van der Waals surface area contributed by atoms with Gasteiger partial charge in [0, 0.05) is 35.4 Å². The Balaban J connectivity index is 2.21. The molecule has 2 rings (SSSR count). The van der Waals surface area contributed by atoms with E-state index in [4.69, 9.17) is 0 Å². The van der Waals surface area contributed by atoms with E-state index in [2.05, 4.69) is 48.0 Å². The average Bonchev–Trinajstić information content (AvgIpc) is 2.42. The number of nitrogens with zero attached hydrogens (tertiary/aromatic N) is 3. The third kappa shape index (κ3) is 3.61. The van der Waals surface area contributed by atoms with Gasteiger partial charge < -0.3 is 5.32 Å². The number of nitrogens with one attached hydrogen (secondary N) is 1. The summed E-state index contributed by atoms with van der Waals surface area (Å²) >= 11 is 0. The second-order valence-corrected chi connectivity index (χ2v) is 5.29. The van der Waals surface area contributed by atoms with Crippen molar-refractivity contribution in [1.29, 1.82) is 0 Å². The molecule has 0 unspecified atom stereocenters. The second-order valence-electron chi connectivity index (χ2n) is 5.29. The highest BCUT2D eigenvalue weighted by Gasteiger charge is 2.09. The van der Waals surface area contributed by atoms with Gasteiger partial charge >= 0.3 is 0 Å². The molecule has 0 amide bonds. The van der Waals surface area contributed by atoms with Gasteiger partial charge in [-0.3, -0.25) is 4.98 Å². The monoisotopic (exact) mass is 270 g/mol. The summed E-state index contributed by atoms with van der Waals surface area (Å²) in [4.78, 5) is 13.3. The van der Waals surface area contributed by atoms with Crippen molar-refractivity contribution in [3.63, 3.8) is 0 Å². The van der Waals surface area contributed by atoms with Gasteiger partial charge in [0.15, 0.2) is 5.82 Å². The number of hydrogen-bond donors (Lipinski definition) is 1. The maximum atomic E-state index is 4.64. The van der Waals surface area contributed by atoms with Crippen LogP contribution in [-0.2, 0) is 6.42 Å². The third-order valence-electron chi connectivity index (χ3n) is 3.29. The molecule has 0 aliphatic rings. The maximum absolute atomic E-state index is 4.64. The lowest BCUT2D eigenvalue weighted by Crippen LogP contribution is -2.25. The van der Waals surface area contributed by atoms with E-state index in [1.165, 1.54) is 5.56 Å². The van der Waals surface area contributed by atoms with Crippen LogP contribution in [0.15, 0.2) is 24.5 Å². The molecule has 0 spiro atoms.